The lowest BCUT2D eigenvalue weighted by Crippen LogP contribution is -2.44. The predicted octanol–water partition coefficient (Wildman–Crippen LogP) is 1.52. The minimum atomic E-state index is -0.818. The molecule has 0 spiro atoms. The third kappa shape index (κ3) is 3.26. The number of carbonyl (C=O) groups excluding carboxylic acids is 1. The van der Waals surface area contributed by atoms with Crippen molar-refractivity contribution in [3.8, 4) is 0 Å². The third-order valence-electron chi connectivity index (χ3n) is 4.47. The van der Waals surface area contributed by atoms with Crippen LogP contribution in [-0.4, -0.2) is 48.7 Å². The molecule has 1 aliphatic carbocycles. The molecule has 0 aromatic carbocycles. The summed E-state index contributed by atoms with van der Waals surface area (Å²) in [7, 11) is 1.77. The molecular formula is C14H23NO4. The summed E-state index contributed by atoms with van der Waals surface area (Å²) in [6.07, 6.45) is 4.46. The molecule has 5 heteroatoms. The van der Waals surface area contributed by atoms with Gasteiger partial charge >= 0.3 is 5.97 Å². The number of rotatable bonds is 5. The Morgan fingerprint density at radius 3 is 2.58 bits per heavy atom. The highest BCUT2D eigenvalue weighted by atomic mass is 16.5. The zero-order valence-corrected chi connectivity index (χ0v) is 11.6. The molecule has 1 saturated carbocycles. The molecule has 1 atom stereocenters. The lowest BCUT2D eigenvalue weighted by Gasteiger charge is -2.38. The van der Waals surface area contributed by atoms with Gasteiger partial charge in [-0.1, -0.05) is 6.42 Å². The summed E-state index contributed by atoms with van der Waals surface area (Å²) in [4.78, 5) is 25.1. The third-order valence-corrected chi connectivity index (χ3v) is 4.47. The van der Waals surface area contributed by atoms with Crippen molar-refractivity contribution in [2.75, 3.05) is 26.8 Å². The molecule has 1 amide bonds. The van der Waals surface area contributed by atoms with Gasteiger partial charge in [0, 0.05) is 26.6 Å². The van der Waals surface area contributed by atoms with Gasteiger partial charge in [0.15, 0.2) is 0 Å². The van der Waals surface area contributed by atoms with E-state index < -0.39 is 11.4 Å². The quantitative estimate of drug-likeness (QED) is 0.821. The first-order chi connectivity index (χ1) is 9.03. The Balaban J connectivity index is 1.83. The molecule has 0 radical (unpaired) electrons. The SMILES string of the molecule is CN(CC1CCCOC1)C(=O)CC1(C(=O)O)CCC1. The minimum Gasteiger partial charge on any atom is -0.481 e. The molecular weight excluding hydrogens is 246 g/mol. The predicted molar refractivity (Wildman–Crippen MR) is 69.7 cm³/mol. The topological polar surface area (TPSA) is 66.8 Å². The number of hydrogen-bond acceptors (Lipinski definition) is 3. The van der Waals surface area contributed by atoms with Crippen molar-refractivity contribution >= 4 is 11.9 Å². The average molecular weight is 269 g/mol. The number of carbonyl (C=O) groups is 2. The van der Waals surface area contributed by atoms with E-state index in [-0.39, 0.29) is 12.3 Å². The zero-order valence-electron chi connectivity index (χ0n) is 11.6. The second-order valence-electron chi connectivity index (χ2n) is 5.97. The second kappa shape index (κ2) is 5.90. The van der Waals surface area contributed by atoms with Crippen LogP contribution in [0.2, 0.25) is 0 Å². The Morgan fingerprint density at radius 1 is 1.37 bits per heavy atom. The minimum absolute atomic E-state index is 0.0485. The summed E-state index contributed by atoms with van der Waals surface area (Å²) in [5.74, 6) is -0.473. The van der Waals surface area contributed by atoms with Crippen molar-refractivity contribution in [3.05, 3.63) is 0 Å². The van der Waals surface area contributed by atoms with Crippen LogP contribution in [0.1, 0.15) is 38.5 Å². The largest absolute Gasteiger partial charge is 0.481 e. The van der Waals surface area contributed by atoms with Crippen molar-refractivity contribution in [2.24, 2.45) is 11.3 Å². The van der Waals surface area contributed by atoms with E-state index in [9.17, 15) is 14.7 Å². The van der Waals surface area contributed by atoms with E-state index in [0.717, 1.165) is 25.9 Å². The molecule has 2 fully saturated rings. The lowest BCUT2D eigenvalue weighted by molar-refractivity contribution is -0.159. The number of amides is 1. The van der Waals surface area contributed by atoms with E-state index in [1.807, 2.05) is 0 Å². The molecule has 1 heterocycles. The van der Waals surface area contributed by atoms with Crippen molar-refractivity contribution in [1.82, 2.24) is 4.90 Å². The first-order valence-corrected chi connectivity index (χ1v) is 7.09. The normalized spacial score (nSPS) is 25.4. The molecule has 2 rings (SSSR count). The van der Waals surface area contributed by atoms with Gasteiger partial charge in [-0.15, -0.1) is 0 Å². The molecule has 1 saturated heterocycles. The maximum Gasteiger partial charge on any atom is 0.310 e. The van der Waals surface area contributed by atoms with Crippen molar-refractivity contribution < 1.29 is 19.4 Å². The Bertz CT molecular complexity index is 345. The second-order valence-corrected chi connectivity index (χ2v) is 5.97. The average Bonchev–Trinajstić information content (AvgIpc) is 2.34. The highest BCUT2D eigenvalue weighted by molar-refractivity contribution is 5.85. The number of ether oxygens (including phenoxy) is 1. The summed E-state index contributed by atoms with van der Waals surface area (Å²) < 4.78 is 5.40. The van der Waals surface area contributed by atoms with Gasteiger partial charge in [0.05, 0.1) is 12.0 Å². The summed E-state index contributed by atoms with van der Waals surface area (Å²) in [6.45, 7) is 2.20. The van der Waals surface area contributed by atoms with Crippen LogP contribution >= 0.6 is 0 Å². The van der Waals surface area contributed by atoms with Gasteiger partial charge in [-0.2, -0.15) is 0 Å². The molecule has 0 bridgehead atoms. The van der Waals surface area contributed by atoms with E-state index in [0.29, 0.717) is 31.9 Å². The van der Waals surface area contributed by atoms with Crippen LogP contribution in [0.25, 0.3) is 0 Å². The zero-order chi connectivity index (χ0) is 13.9. The maximum atomic E-state index is 12.2. The van der Waals surface area contributed by atoms with E-state index in [1.165, 1.54) is 0 Å². The smallest absolute Gasteiger partial charge is 0.310 e. The molecule has 0 aromatic rings. The highest BCUT2D eigenvalue weighted by Gasteiger charge is 2.46. The molecule has 2 aliphatic rings. The van der Waals surface area contributed by atoms with Gasteiger partial charge in [-0.3, -0.25) is 9.59 Å². The van der Waals surface area contributed by atoms with E-state index in [2.05, 4.69) is 0 Å². The van der Waals surface area contributed by atoms with Gasteiger partial charge in [-0.05, 0) is 31.6 Å². The Labute approximate surface area is 113 Å². The van der Waals surface area contributed by atoms with Crippen LogP contribution in [0.3, 0.4) is 0 Å². The fourth-order valence-electron chi connectivity index (χ4n) is 2.93. The molecule has 1 aliphatic heterocycles. The first kappa shape index (κ1) is 14.3. The van der Waals surface area contributed by atoms with Crippen LogP contribution in [0.4, 0.5) is 0 Å². The van der Waals surface area contributed by atoms with E-state index >= 15 is 0 Å². The summed E-state index contributed by atoms with van der Waals surface area (Å²) >= 11 is 0. The van der Waals surface area contributed by atoms with E-state index in [1.54, 1.807) is 11.9 Å². The van der Waals surface area contributed by atoms with E-state index in [4.69, 9.17) is 4.74 Å². The number of carboxylic acids is 1. The molecule has 5 nitrogen and oxygen atoms in total. The summed E-state index contributed by atoms with van der Waals surface area (Å²) in [5.41, 5.74) is -0.783. The standard InChI is InChI=1S/C14H23NO4/c1-15(9-11-4-2-7-19-10-11)12(16)8-14(13(17)18)5-3-6-14/h11H,2-10H2,1H3,(H,17,18). The molecule has 1 unspecified atom stereocenters. The first-order valence-electron chi connectivity index (χ1n) is 7.09. The van der Waals surface area contributed by atoms with Crippen molar-refractivity contribution in [1.29, 1.82) is 0 Å². The Morgan fingerprint density at radius 2 is 2.11 bits per heavy atom. The molecule has 1 N–H and O–H groups in total. The van der Waals surface area contributed by atoms with Gasteiger partial charge in [-0.25, -0.2) is 0 Å². The fourth-order valence-corrected chi connectivity index (χ4v) is 2.93. The van der Waals surface area contributed by atoms with Gasteiger partial charge in [0.1, 0.15) is 0 Å². The lowest BCUT2D eigenvalue weighted by atomic mass is 9.66. The number of nitrogens with zero attached hydrogens (tertiary/aromatic N) is 1. The van der Waals surface area contributed by atoms with Crippen LogP contribution in [0.5, 0.6) is 0 Å². The monoisotopic (exact) mass is 269 g/mol. The number of carboxylic acid groups (broad SMARTS) is 1. The fraction of sp³-hybridized carbons (Fsp3) is 0.857. The summed E-state index contributed by atoms with van der Waals surface area (Å²) in [6, 6.07) is 0. The maximum absolute atomic E-state index is 12.2. The van der Waals surface area contributed by atoms with Gasteiger partial charge in [0.2, 0.25) is 5.91 Å². The van der Waals surface area contributed by atoms with Gasteiger partial charge < -0.3 is 14.7 Å². The molecule has 108 valence electrons. The summed E-state index contributed by atoms with van der Waals surface area (Å²) in [5, 5.41) is 9.25. The van der Waals surface area contributed by atoms with Crippen LogP contribution in [0, 0.1) is 11.3 Å². The Hall–Kier alpha value is -1.10. The van der Waals surface area contributed by atoms with Gasteiger partial charge in [0.25, 0.3) is 0 Å². The van der Waals surface area contributed by atoms with Crippen molar-refractivity contribution in [3.63, 3.8) is 0 Å². The van der Waals surface area contributed by atoms with Crippen LogP contribution < -0.4 is 0 Å². The van der Waals surface area contributed by atoms with Crippen LogP contribution in [0.15, 0.2) is 0 Å². The molecule has 19 heavy (non-hydrogen) atoms. The number of hydrogen-bond donors (Lipinski definition) is 1. The highest BCUT2D eigenvalue weighted by Crippen LogP contribution is 2.44. The number of aliphatic carboxylic acids is 1. The molecule has 0 aromatic heterocycles. The Kier molecular flexibility index (Phi) is 4.45. The van der Waals surface area contributed by atoms with Crippen molar-refractivity contribution in [2.45, 2.75) is 38.5 Å². The van der Waals surface area contributed by atoms with Crippen LogP contribution in [-0.2, 0) is 14.3 Å².